The second-order valence-corrected chi connectivity index (χ2v) is 10.3. The van der Waals surface area contributed by atoms with Crippen LogP contribution < -0.4 is 10.1 Å². The highest BCUT2D eigenvalue weighted by Crippen LogP contribution is 2.29. The number of aromatic nitrogens is 4. The minimum atomic E-state index is -1.10. The Morgan fingerprint density at radius 2 is 1.98 bits per heavy atom. The molecule has 13 heteroatoms. The topological polar surface area (TPSA) is 176 Å². The number of carbonyl (C=O) groups excluding carboxylic acids is 2. The summed E-state index contributed by atoms with van der Waals surface area (Å²) >= 11 is 0. The second kappa shape index (κ2) is 12.4. The number of H-pyrrole nitrogens is 1. The van der Waals surface area contributed by atoms with Crippen molar-refractivity contribution in [2.45, 2.75) is 32.7 Å². The molecule has 2 aromatic carbocycles. The maximum absolute atomic E-state index is 13.3. The maximum Gasteiger partial charge on any atom is 0.339 e. The molecule has 1 amide bonds. The van der Waals surface area contributed by atoms with Crippen molar-refractivity contribution < 1.29 is 29.0 Å². The summed E-state index contributed by atoms with van der Waals surface area (Å²) in [6, 6.07) is 11.2. The molecule has 1 atom stereocenters. The molecule has 1 unspecified atom stereocenters. The summed E-state index contributed by atoms with van der Waals surface area (Å²) in [5.74, 6) is -0.357. The molecule has 0 bridgehead atoms. The smallest absolute Gasteiger partial charge is 0.339 e. The summed E-state index contributed by atoms with van der Waals surface area (Å²) in [6.45, 7) is 4.98. The predicted octanol–water partition coefficient (Wildman–Crippen LogP) is 3.06. The van der Waals surface area contributed by atoms with Crippen molar-refractivity contribution in [2.75, 3.05) is 33.4 Å². The number of hydrogen-bond donors (Lipinski definition) is 4. The van der Waals surface area contributed by atoms with Gasteiger partial charge in [-0.15, -0.1) is 0 Å². The number of amides is 1. The highest BCUT2D eigenvalue weighted by molar-refractivity contribution is 6.00. The van der Waals surface area contributed by atoms with Gasteiger partial charge >= 0.3 is 5.97 Å². The average Bonchev–Trinajstić information content (AvgIpc) is 3.60. The lowest BCUT2D eigenvalue weighted by Crippen LogP contribution is -2.33. The summed E-state index contributed by atoms with van der Waals surface area (Å²) in [4.78, 5) is 52.6. The van der Waals surface area contributed by atoms with E-state index in [1.165, 1.54) is 17.7 Å². The highest BCUT2D eigenvalue weighted by atomic mass is 16.5. The van der Waals surface area contributed by atoms with Crippen LogP contribution in [0, 0.1) is 5.41 Å². The number of rotatable bonds is 10. The molecular formula is C30H33N7O6. The van der Waals surface area contributed by atoms with Gasteiger partial charge in [0.15, 0.2) is 0 Å². The van der Waals surface area contributed by atoms with Crippen LogP contribution in [-0.2, 0) is 17.7 Å². The number of carbonyl (C=O) groups is 3. The van der Waals surface area contributed by atoms with E-state index in [1.807, 2.05) is 11.8 Å². The van der Waals surface area contributed by atoms with Crippen LogP contribution in [-0.4, -0.2) is 86.6 Å². The molecule has 0 aliphatic carbocycles. The summed E-state index contributed by atoms with van der Waals surface area (Å²) in [5, 5.41) is 20.0. The Hall–Kier alpha value is -5.04. The van der Waals surface area contributed by atoms with E-state index >= 15 is 0 Å². The fraction of sp³-hybridized carbons (Fsp3) is 0.333. The number of amidine groups is 1. The molecule has 1 aliphatic heterocycles. The predicted molar refractivity (Wildman–Crippen MR) is 157 cm³/mol. The normalized spacial score (nSPS) is 13.4. The number of carboxylic acids is 1. The maximum atomic E-state index is 13.3. The van der Waals surface area contributed by atoms with Crippen LogP contribution in [0.5, 0.6) is 5.75 Å². The lowest BCUT2D eigenvalue weighted by atomic mass is 10.1. The molecule has 0 radical (unpaired) electrons. The molecular weight excluding hydrogens is 554 g/mol. The summed E-state index contributed by atoms with van der Waals surface area (Å²) < 4.78 is 12.2. The van der Waals surface area contributed by atoms with Gasteiger partial charge in [-0.25, -0.2) is 14.8 Å². The van der Waals surface area contributed by atoms with E-state index in [-0.39, 0.29) is 48.8 Å². The van der Waals surface area contributed by atoms with Crippen LogP contribution in [0.2, 0.25) is 0 Å². The minimum Gasteiger partial charge on any atom is -0.491 e. The lowest BCUT2D eigenvalue weighted by Gasteiger charge is -2.26. The number of hydrogen-bond acceptors (Lipinski definition) is 8. The summed E-state index contributed by atoms with van der Waals surface area (Å²) in [7, 11) is 1.44. The first-order chi connectivity index (χ1) is 20.7. The van der Waals surface area contributed by atoms with Crippen LogP contribution in [0.4, 0.5) is 0 Å². The average molecular weight is 588 g/mol. The molecule has 43 heavy (non-hydrogen) atoms. The van der Waals surface area contributed by atoms with Gasteiger partial charge in [-0.1, -0.05) is 12.1 Å². The zero-order valence-corrected chi connectivity index (χ0v) is 24.1. The van der Waals surface area contributed by atoms with Crippen molar-refractivity contribution in [1.29, 1.82) is 5.41 Å². The fourth-order valence-corrected chi connectivity index (χ4v) is 5.10. The molecule has 0 spiro atoms. The molecule has 2 aromatic heterocycles. The Labute approximate surface area is 247 Å². The molecule has 0 saturated heterocycles. The number of nitrogens with one attached hydrogen (secondary N) is 3. The zero-order chi connectivity index (χ0) is 30.7. The molecule has 5 rings (SSSR count). The molecule has 13 nitrogen and oxygen atoms in total. The Morgan fingerprint density at radius 1 is 1.19 bits per heavy atom. The number of aromatic amines is 1. The Morgan fingerprint density at radius 3 is 2.72 bits per heavy atom. The van der Waals surface area contributed by atoms with Gasteiger partial charge < -0.3 is 29.8 Å². The summed E-state index contributed by atoms with van der Waals surface area (Å²) in [5.41, 5.74) is 3.25. The molecule has 1 aliphatic rings. The van der Waals surface area contributed by atoms with Crippen molar-refractivity contribution in [3.05, 3.63) is 76.6 Å². The van der Waals surface area contributed by atoms with Gasteiger partial charge in [-0.2, -0.15) is 0 Å². The van der Waals surface area contributed by atoms with Gasteiger partial charge in [0.25, 0.3) is 11.8 Å². The van der Waals surface area contributed by atoms with E-state index in [4.69, 9.17) is 24.9 Å². The number of aromatic carboxylic acids is 1. The minimum absolute atomic E-state index is 0.0384. The van der Waals surface area contributed by atoms with Crippen molar-refractivity contribution >= 4 is 34.7 Å². The molecule has 0 fully saturated rings. The number of nitrogens with zero attached hydrogens (tertiary/aromatic N) is 4. The highest BCUT2D eigenvalue weighted by Gasteiger charge is 2.28. The Bertz CT molecular complexity index is 1710. The third-order valence-corrected chi connectivity index (χ3v) is 7.34. The lowest BCUT2D eigenvalue weighted by molar-refractivity contribution is 0.0690. The van der Waals surface area contributed by atoms with Gasteiger partial charge in [-0.3, -0.25) is 19.6 Å². The number of para-hydroxylation sites is 1. The monoisotopic (exact) mass is 587 g/mol. The first-order valence-electron chi connectivity index (χ1n) is 13.8. The fourth-order valence-electron chi connectivity index (χ4n) is 5.10. The van der Waals surface area contributed by atoms with Crippen LogP contribution in [0.3, 0.4) is 0 Å². The van der Waals surface area contributed by atoms with Gasteiger partial charge in [0.05, 0.1) is 47.3 Å². The number of benzene rings is 2. The van der Waals surface area contributed by atoms with Crippen molar-refractivity contribution in [3.63, 3.8) is 0 Å². The molecule has 3 heterocycles. The molecule has 4 aromatic rings. The van der Waals surface area contributed by atoms with E-state index in [1.54, 1.807) is 43.3 Å². The number of methoxy groups -OCH3 is 1. The van der Waals surface area contributed by atoms with E-state index in [0.29, 0.717) is 47.0 Å². The molecule has 224 valence electrons. The number of carboxylic acid groups (broad SMARTS) is 1. The zero-order valence-electron chi connectivity index (χ0n) is 24.1. The quantitative estimate of drug-likeness (QED) is 0.123. The van der Waals surface area contributed by atoms with Gasteiger partial charge in [-0.05, 0) is 44.2 Å². The number of fused-ring (bicyclic) bond motifs is 2. The van der Waals surface area contributed by atoms with Gasteiger partial charge in [0.1, 0.15) is 36.2 Å². The molecule has 4 N–H and O–H groups in total. The van der Waals surface area contributed by atoms with Crippen LogP contribution in [0.25, 0.3) is 11.0 Å². The number of imidazole rings is 2. The second-order valence-electron chi connectivity index (χ2n) is 10.3. The van der Waals surface area contributed by atoms with E-state index in [9.17, 15) is 19.5 Å². The first-order valence-corrected chi connectivity index (χ1v) is 13.8. The standard InChI is InChI=1S/C30H33N7O6/c1-17(27-33-21-10-12-36(18(2)31)15-23(21)34-27)28-35-22-9-8-19(14-24(22)37(28)26(38)16-42-3)29(39)32-11-13-43-25-7-5-4-6-20(25)30(40)41/h4-9,14,17,31H,10-13,15-16H2,1-3H3,(H,32,39)(H,33,34)(H,40,41). The largest absolute Gasteiger partial charge is 0.491 e. The molecule has 0 saturated carbocycles. The van der Waals surface area contributed by atoms with Crippen molar-refractivity contribution in [2.24, 2.45) is 0 Å². The third kappa shape index (κ3) is 6.11. The Kier molecular flexibility index (Phi) is 8.53. The first kappa shape index (κ1) is 29.5. The van der Waals surface area contributed by atoms with Crippen LogP contribution in [0.15, 0.2) is 42.5 Å². The van der Waals surface area contributed by atoms with E-state index < -0.39 is 5.97 Å². The SMILES string of the molecule is COCC(=O)n1c(C(C)c2nc3c([nH]2)CN(C(C)=N)CC3)nc2ccc(C(=O)NCCOc3ccccc3C(=O)O)cc21. The van der Waals surface area contributed by atoms with Crippen LogP contribution in [0.1, 0.15) is 68.3 Å². The van der Waals surface area contributed by atoms with Gasteiger partial charge in [0.2, 0.25) is 0 Å². The number of ether oxygens (including phenoxy) is 2. The Balaban J connectivity index is 1.36. The van der Waals surface area contributed by atoms with Crippen molar-refractivity contribution in [3.8, 4) is 5.75 Å². The van der Waals surface area contributed by atoms with Gasteiger partial charge in [0, 0.05) is 25.6 Å². The van der Waals surface area contributed by atoms with E-state index in [0.717, 1.165) is 17.9 Å². The van der Waals surface area contributed by atoms with Crippen LogP contribution >= 0.6 is 0 Å². The van der Waals surface area contributed by atoms with E-state index in [2.05, 4.69) is 10.3 Å². The van der Waals surface area contributed by atoms with Crippen molar-refractivity contribution in [1.82, 2.24) is 29.7 Å². The summed E-state index contributed by atoms with van der Waals surface area (Å²) in [6.07, 6.45) is 0.712. The third-order valence-electron chi connectivity index (χ3n) is 7.34.